The van der Waals surface area contributed by atoms with E-state index in [9.17, 15) is 0 Å². The van der Waals surface area contributed by atoms with Crippen molar-refractivity contribution in [2.75, 3.05) is 33.4 Å². The second kappa shape index (κ2) is 2.29. The zero-order valence-corrected chi connectivity index (χ0v) is 8.97. The van der Waals surface area contributed by atoms with Gasteiger partial charge in [0, 0.05) is 12.8 Å². The molecule has 0 spiro atoms. The summed E-state index contributed by atoms with van der Waals surface area (Å²) in [7, 11) is 2.39. The zero-order chi connectivity index (χ0) is 9.10. The lowest BCUT2D eigenvalue weighted by Gasteiger charge is -2.38. The van der Waals surface area contributed by atoms with Crippen molar-refractivity contribution < 1.29 is 9.38 Å². The molecule has 1 N–H and O–H groups in total. The van der Waals surface area contributed by atoms with E-state index < -0.39 is 0 Å². The highest BCUT2D eigenvalue weighted by molar-refractivity contribution is 5.08. The third kappa shape index (κ3) is 0.909. The molecule has 0 aromatic rings. The molecular formula is C11H22N2+2. The monoisotopic (exact) mass is 182 g/mol. The van der Waals surface area contributed by atoms with E-state index in [1.165, 1.54) is 43.6 Å². The Kier molecular flexibility index (Phi) is 1.45. The van der Waals surface area contributed by atoms with Gasteiger partial charge in [0.25, 0.3) is 0 Å². The van der Waals surface area contributed by atoms with Gasteiger partial charge in [-0.05, 0) is 6.42 Å². The Morgan fingerprint density at radius 3 is 3.08 bits per heavy atom. The van der Waals surface area contributed by atoms with Crippen LogP contribution >= 0.6 is 0 Å². The van der Waals surface area contributed by atoms with Gasteiger partial charge in [0.15, 0.2) is 0 Å². The standard InChI is InChI=1S/C11H21N2/c1-3-5-13-6-4-11(7-10(11)13)8-12(2)9-13/h10H,3-9H2,1-2H3/q+1/p+1. The maximum absolute atomic E-state index is 2.39. The number of rotatable bonds is 2. The van der Waals surface area contributed by atoms with Gasteiger partial charge in [0.2, 0.25) is 6.67 Å². The first kappa shape index (κ1) is 8.25. The normalized spacial score (nSPS) is 57.7. The molecule has 1 aliphatic carbocycles. The third-order valence-corrected chi connectivity index (χ3v) is 4.77. The van der Waals surface area contributed by atoms with E-state index in [2.05, 4.69) is 14.0 Å². The number of quaternary nitrogens is 2. The van der Waals surface area contributed by atoms with E-state index in [0.717, 1.165) is 11.5 Å². The first-order valence-corrected chi connectivity index (χ1v) is 5.88. The largest absolute Gasteiger partial charge is 0.290 e. The minimum atomic E-state index is 0.831. The highest BCUT2D eigenvalue weighted by Crippen LogP contribution is 2.60. The van der Waals surface area contributed by atoms with Crippen LogP contribution in [0.25, 0.3) is 0 Å². The summed E-state index contributed by atoms with van der Waals surface area (Å²) in [5, 5.41) is 0. The zero-order valence-electron chi connectivity index (χ0n) is 8.97. The maximum Gasteiger partial charge on any atom is 0.206 e. The molecule has 0 aromatic carbocycles. The summed E-state index contributed by atoms with van der Waals surface area (Å²) in [6, 6.07) is 1.09. The van der Waals surface area contributed by atoms with Crippen LogP contribution in [0.2, 0.25) is 0 Å². The van der Waals surface area contributed by atoms with Crippen LogP contribution < -0.4 is 4.90 Å². The third-order valence-electron chi connectivity index (χ3n) is 4.77. The fourth-order valence-electron chi connectivity index (χ4n) is 4.42. The molecule has 2 saturated heterocycles. The lowest BCUT2D eigenvalue weighted by Crippen LogP contribution is -3.14. The Labute approximate surface area is 81.1 Å². The molecule has 1 saturated carbocycles. The van der Waals surface area contributed by atoms with Crippen molar-refractivity contribution in [1.82, 2.24) is 0 Å². The number of nitrogens with zero attached hydrogens (tertiary/aromatic N) is 1. The number of hydrogen-bond acceptors (Lipinski definition) is 0. The number of nitrogens with one attached hydrogen (secondary N) is 1. The summed E-state index contributed by atoms with van der Waals surface area (Å²) in [5.74, 6) is 0. The molecule has 0 amide bonds. The molecule has 2 heteroatoms. The van der Waals surface area contributed by atoms with E-state index in [4.69, 9.17) is 0 Å². The van der Waals surface area contributed by atoms with E-state index in [-0.39, 0.29) is 0 Å². The molecule has 3 aliphatic rings. The lowest BCUT2D eigenvalue weighted by molar-refractivity contribution is -1.10. The van der Waals surface area contributed by atoms with Crippen LogP contribution in [-0.2, 0) is 0 Å². The SMILES string of the molecule is CCC[N+]12CCC3(CC31)C[NH+](C)C2. The average molecular weight is 182 g/mol. The maximum atomic E-state index is 2.39. The van der Waals surface area contributed by atoms with Crippen LogP contribution in [0.3, 0.4) is 0 Å². The summed E-state index contributed by atoms with van der Waals surface area (Å²) < 4.78 is 1.49. The highest BCUT2D eigenvalue weighted by Gasteiger charge is 2.75. The van der Waals surface area contributed by atoms with Crippen LogP contribution in [0.15, 0.2) is 0 Å². The predicted octanol–water partition coefficient (Wildman–Crippen LogP) is -0.139. The fourth-order valence-corrected chi connectivity index (χ4v) is 4.42. The van der Waals surface area contributed by atoms with Crippen LogP contribution in [0.1, 0.15) is 26.2 Å². The Morgan fingerprint density at radius 2 is 2.38 bits per heavy atom. The van der Waals surface area contributed by atoms with Crippen LogP contribution in [0.5, 0.6) is 0 Å². The lowest BCUT2D eigenvalue weighted by atomic mass is 10.0. The Morgan fingerprint density at radius 1 is 1.54 bits per heavy atom. The molecule has 2 heterocycles. The molecule has 2 bridgehead atoms. The van der Waals surface area contributed by atoms with E-state index >= 15 is 0 Å². The molecule has 4 unspecified atom stereocenters. The smallest absolute Gasteiger partial charge is 0.206 e. The summed E-state index contributed by atoms with van der Waals surface area (Å²) in [4.78, 5) is 1.79. The molecule has 3 rings (SSSR count). The molecular weight excluding hydrogens is 160 g/mol. The molecule has 3 fully saturated rings. The minimum absolute atomic E-state index is 0.831. The van der Waals surface area contributed by atoms with Gasteiger partial charge in [-0.15, -0.1) is 0 Å². The number of hydrogen-bond donors (Lipinski definition) is 1. The van der Waals surface area contributed by atoms with Crippen LogP contribution in [0.4, 0.5) is 0 Å². The van der Waals surface area contributed by atoms with Crippen molar-refractivity contribution in [3.05, 3.63) is 0 Å². The van der Waals surface area contributed by atoms with Crippen molar-refractivity contribution in [2.24, 2.45) is 5.41 Å². The van der Waals surface area contributed by atoms with Gasteiger partial charge in [0.1, 0.15) is 6.04 Å². The van der Waals surface area contributed by atoms with E-state index in [0.29, 0.717) is 0 Å². The molecule has 0 radical (unpaired) electrons. The van der Waals surface area contributed by atoms with Crippen molar-refractivity contribution in [1.29, 1.82) is 0 Å². The van der Waals surface area contributed by atoms with Gasteiger partial charge >= 0.3 is 0 Å². The summed E-state index contributed by atoms with van der Waals surface area (Å²) in [6.45, 7) is 8.18. The van der Waals surface area contributed by atoms with Gasteiger partial charge < -0.3 is 0 Å². The van der Waals surface area contributed by atoms with E-state index in [1.807, 2.05) is 0 Å². The van der Waals surface area contributed by atoms with Gasteiger partial charge in [-0.2, -0.15) is 0 Å². The molecule has 2 nitrogen and oxygen atoms in total. The Hall–Kier alpha value is -0.0800. The Balaban J connectivity index is 1.88. The second-order valence-corrected chi connectivity index (χ2v) is 5.79. The minimum Gasteiger partial charge on any atom is -0.290 e. The van der Waals surface area contributed by atoms with Gasteiger partial charge in [-0.25, -0.2) is 0 Å². The highest BCUT2D eigenvalue weighted by atomic mass is 15.5. The average Bonchev–Trinajstić information content (AvgIpc) is 2.74. The van der Waals surface area contributed by atoms with Gasteiger partial charge in [0.05, 0.1) is 32.1 Å². The Bertz CT molecular complexity index is 236. The van der Waals surface area contributed by atoms with Gasteiger partial charge in [-0.3, -0.25) is 9.38 Å². The van der Waals surface area contributed by atoms with Crippen molar-refractivity contribution in [3.63, 3.8) is 0 Å². The molecule has 0 aromatic heterocycles. The topological polar surface area (TPSA) is 4.44 Å². The van der Waals surface area contributed by atoms with Crippen molar-refractivity contribution in [3.8, 4) is 0 Å². The van der Waals surface area contributed by atoms with Crippen LogP contribution in [-0.4, -0.2) is 43.9 Å². The first-order valence-electron chi connectivity index (χ1n) is 5.88. The van der Waals surface area contributed by atoms with Gasteiger partial charge in [-0.1, -0.05) is 6.92 Å². The number of piperidine rings is 1. The molecule has 13 heavy (non-hydrogen) atoms. The second-order valence-electron chi connectivity index (χ2n) is 5.79. The fraction of sp³-hybridized carbons (Fsp3) is 1.00. The van der Waals surface area contributed by atoms with Crippen molar-refractivity contribution in [2.45, 2.75) is 32.2 Å². The van der Waals surface area contributed by atoms with E-state index in [1.54, 1.807) is 11.3 Å². The molecule has 4 atom stereocenters. The predicted molar refractivity (Wildman–Crippen MR) is 52.4 cm³/mol. The summed E-state index contributed by atoms with van der Waals surface area (Å²) >= 11 is 0. The molecule has 74 valence electrons. The quantitative estimate of drug-likeness (QED) is 0.567. The summed E-state index contributed by atoms with van der Waals surface area (Å²) in [6.07, 6.45) is 4.47. The van der Waals surface area contributed by atoms with Crippen molar-refractivity contribution >= 4 is 0 Å². The first-order chi connectivity index (χ1) is 6.21. The van der Waals surface area contributed by atoms with Crippen LogP contribution in [0, 0.1) is 5.41 Å². The molecule has 2 aliphatic heterocycles. The summed E-state index contributed by atoms with van der Waals surface area (Å²) in [5.41, 5.74) is 0.831.